The molecule has 0 aliphatic carbocycles. The van der Waals surface area contributed by atoms with Gasteiger partial charge >= 0.3 is 0 Å². The van der Waals surface area contributed by atoms with Crippen LogP contribution in [0.4, 0.5) is 0 Å². The first-order valence-corrected chi connectivity index (χ1v) is 9.85. The molecule has 3 aromatic rings. The van der Waals surface area contributed by atoms with Gasteiger partial charge in [0, 0.05) is 25.9 Å². The van der Waals surface area contributed by atoms with Gasteiger partial charge in [0.05, 0.1) is 14.2 Å². The Hall–Kier alpha value is -2.87. The second kappa shape index (κ2) is 8.24. The molecule has 0 saturated carbocycles. The number of halogens is 1. The molecule has 0 radical (unpaired) electrons. The lowest BCUT2D eigenvalue weighted by Gasteiger charge is -2.29. The monoisotopic (exact) mass is 415 g/mol. The number of aryl methyl sites for hydroxylation is 1. The van der Waals surface area contributed by atoms with E-state index in [0.29, 0.717) is 54.7 Å². The number of amides is 1. The normalized spacial score (nSPS) is 13.4. The summed E-state index contributed by atoms with van der Waals surface area (Å²) < 4.78 is 12.4. The van der Waals surface area contributed by atoms with Gasteiger partial charge in [-0.2, -0.15) is 9.61 Å². The molecule has 1 aliphatic rings. The molecule has 0 saturated heterocycles. The van der Waals surface area contributed by atoms with Gasteiger partial charge in [-0.1, -0.05) is 11.6 Å². The van der Waals surface area contributed by atoms with Crippen molar-refractivity contribution in [3.8, 4) is 11.5 Å². The van der Waals surface area contributed by atoms with Gasteiger partial charge in [0.25, 0.3) is 0 Å². The average Bonchev–Trinajstić information content (AvgIpc) is 3.14. The van der Waals surface area contributed by atoms with E-state index in [1.54, 1.807) is 30.9 Å². The first-order valence-electron chi connectivity index (χ1n) is 9.47. The van der Waals surface area contributed by atoms with E-state index in [0.717, 1.165) is 17.7 Å². The van der Waals surface area contributed by atoms with E-state index in [4.69, 9.17) is 21.1 Å². The molecule has 0 fully saturated rings. The van der Waals surface area contributed by atoms with Gasteiger partial charge in [0.1, 0.15) is 5.15 Å². The standard InChI is InChI=1S/C20H22ClN5O3/c1-28-15-10-13-8-9-25(12-14(13)11-16(15)29-2)20(27)5-3-4-18-22-23-19-7-6-17(21)24-26(18)19/h6-7,10-11H,3-5,8-9,12H2,1-2H3. The van der Waals surface area contributed by atoms with Crippen molar-refractivity contribution in [3.05, 3.63) is 46.4 Å². The van der Waals surface area contributed by atoms with Crippen LogP contribution in [0.5, 0.6) is 11.5 Å². The van der Waals surface area contributed by atoms with Gasteiger partial charge in [-0.3, -0.25) is 4.79 Å². The minimum absolute atomic E-state index is 0.130. The summed E-state index contributed by atoms with van der Waals surface area (Å²) in [5.41, 5.74) is 2.95. The summed E-state index contributed by atoms with van der Waals surface area (Å²) in [5.74, 6) is 2.24. The van der Waals surface area contributed by atoms with Crippen molar-refractivity contribution in [2.24, 2.45) is 0 Å². The lowest BCUT2D eigenvalue weighted by Crippen LogP contribution is -2.35. The molecule has 29 heavy (non-hydrogen) atoms. The predicted molar refractivity (Wildman–Crippen MR) is 107 cm³/mol. The van der Waals surface area contributed by atoms with Gasteiger partial charge < -0.3 is 14.4 Å². The first kappa shape index (κ1) is 19.4. The molecule has 3 heterocycles. The summed E-state index contributed by atoms with van der Waals surface area (Å²) in [6.45, 7) is 1.28. The number of hydrogen-bond donors (Lipinski definition) is 0. The van der Waals surface area contributed by atoms with Crippen LogP contribution in [0.2, 0.25) is 5.15 Å². The Kier molecular flexibility index (Phi) is 5.53. The van der Waals surface area contributed by atoms with Crippen LogP contribution >= 0.6 is 11.6 Å². The number of nitrogens with zero attached hydrogens (tertiary/aromatic N) is 5. The lowest BCUT2D eigenvalue weighted by atomic mass is 9.98. The summed E-state index contributed by atoms with van der Waals surface area (Å²) in [5, 5.41) is 12.8. The van der Waals surface area contributed by atoms with Crippen LogP contribution in [-0.4, -0.2) is 51.4 Å². The lowest BCUT2D eigenvalue weighted by molar-refractivity contribution is -0.132. The third-order valence-electron chi connectivity index (χ3n) is 5.16. The highest BCUT2D eigenvalue weighted by atomic mass is 35.5. The van der Waals surface area contributed by atoms with E-state index in [1.165, 1.54) is 5.56 Å². The molecule has 2 aromatic heterocycles. The van der Waals surface area contributed by atoms with E-state index < -0.39 is 0 Å². The van der Waals surface area contributed by atoms with Crippen LogP contribution in [0.1, 0.15) is 29.8 Å². The van der Waals surface area contributed by atoms with E-state index >= 15 is 0 Å². The van der Waals surface area contributed by atoms with Gasteiger partial charge in [-0.15, -0.1) is 10.2 Å². The minimum Gasteiger partial charge on any atom is -0.493 e. The number of fused-ring (bicyclic) bond motifs is 2. The molecule has 1 aliphatic heterocycles. The van der Waals surface area contributed by atoms with Gasteiger partial charge in [0.15, 0.2) is 23.0 Å². The molecule has 8 nitrogen and oxygen atoms in total. The van der Waals surface area contributed by atoms with Crippen molar-refractivity contribution in [1.29, 1.82) is 0 Å². The molecule has 0 atom stereocenters. The van der Waals surface area contributed by atoms with Crippen LogP contribution in [0.15, 0.2) is 24.3 Å². The largest absolute Gasteiger partial charge is 0.493 e. The number of aromatic nitrogens is 4. The van der Waals surface area contributed by atoms with E-state index in [2.05, 4.69) is 15.3 Å². The Morgan fingerprint density at radius 3 is 2.66 bits per heavy atom. The van der Waals surface area contributed by atoms with Crippen LogP contribution in [0.25, 0.3) is 5.65 Å². The maximum atomic E-state index is 12.7. The Morgan fingerprint density at radius 2 is 1.90 bits per heavy atom. The number of carbonyl (C=O) groups excluding carboxylic acids is 1. The second-order valence-corrected chi connectivity index (χ2v) is 7.32. The average molecular weight is 416 g/mol. The molecule has 9 heteroatoms. The molecule has 0 bridgehead atoms. The number of rotatable bonds is 6. The van der Waals surface area contributed by atoms with E-state index in [9.17, 15) is 4.79 Å². The Balaban J connectivity index is 1.37. The summed E-state index contributed by atoms with van der Waals surface area (Å²) in [7, 11) is 3.25. The topological polar surface area (TPSA) is 81.9 Å². The van der Waals surface area contributed by atoms with Gasteiger partial charge in [0.2, 0.25) is 5.91 Å². The van der Waals surface area contributed by atoms with Crippen LogP contribution < -0.4 is 9.47 Å². The maximum absolute atomic E-state index is 12.7. The Bertz CT molecular complexity index is 1050. The van der Waals surface area contributed by atoms with Crippen molar-refractivity contribution in [3.63, 3.8) is 0 Å². The fraction of sp³-hybridized carbons (Fsp3) is 0.400. The molecule has 4 rings (SSSR count). The molecular weight excluding hydrogens is 394 g/mol. The van der Waals surface area contributed by atoms with Crippen molar-refractivity contribution in [2.75, 3.05) is 20.8 Å². The zero-order chi connectivity index (χ0) is 20.4. The third-order valence-corrected chi connectivity index (χ3v) is 5.36. The quantitative estimate of drug-likeness (QED) is 0.615. The van der Waals surface area contributed by atoms with Gasteiger partial charge in [-0.25, -0.2) is 0 Å². The molecule has 0 N–H and O–H groups in total. The molecular formula is C20H22ClN5O3. The SMILES string of the molecule is COc1cc2c(cc1OC)CN(C(=O)CCCc1nnc3ccc(Cl)nn13)CC2. The highest BCUT2D eigenvalue weighted by Gasteiger charge is 2.22. The fourth-order valence-electron chi connectivity index (χ4n) is 3.62. The molecule has 0 unspecified atom stereocenters. The summed E-state index contributed by atoms with van der Waals surface area (Å²) in [4.78, 5) is 14.6. The number of methoxy groups -OCH3 is 2. The smallest absolute Gasteiger partial charge is 0.222 e. The van der Waals surface area contributed by atoms with Crippen LogP contribution in [-0.2, 0) is 24.2 Å². The Labute approximate surface area is 173 Å². The highest BCUT2D eigenvalue weighted by Crippen LogP contribution is 2.33. The van der Waals surface area contributed by atoms with Gasteiger partial charge in [-0.05, 0) is 48.2 Å². The van der Waals surface area contributed by atoms with Crippen LogP contribution in [0, 0.1) is 0 Å². The molecule has 152 valence electrons. The fourth-order valence-corrected chi connectivity index (χ4v) is 3.76. The number of ether oxygens (including phenoxy) is 2. The number of carbonyl (C=O) groups is 1. The highest BCUT2D eigenvalue weighted by molar-refractivity contribution is 6.29. The van der Waals surface area contributed by atoms with E-state index in [-0.39, 0.29) is 5.91 Å². The number of hydrogen-bond acceptors (Lipinski definition) is 6. The number of benzene rings is 1. The zero-order valence-corrected chi connectivity index (χ0v) is 17.1. The Morgan fingerprint density at radius 1 is 1.14 bits per heavy atom. The van der Waals surface area contributed by atoms with Crippen molar-refractivity contribution in [2.45, 2.75) is 32.2 Å². The minimum atomic E-state index is 0.130. The third kappa shape index (κ3) is 3.98. The zero-order valence-electron chi connectivity index (χ0n) is 16.4. The summed E-state index contributed by atoms with van der Waals surface area (Å²) in [6.07, 6.45) is 2.52. The summed E-state index contributed by atoms with van der Waals surface area (Å²) >= 11 is 5.95. The van der Waals surface area contributed by atoms with Crippen LogP contribution in [0.3, 0.4) is 0 Å². The predicted octanol–water partition coefficient (Wildman–Crippen LogP) is 2.70. The molecule has 0 spiro atoms. The summed E-state index contributed by atoms with van der Waals surface area (Å²) in [6, 6.07) is 7.42. The first-order chi connectivity index (χ1) is 14.1. The van der Waals surface area contributed by atoms with Crippen molar-refractivity contribution < 1.29 is 14.3 Å². The van der Waals surface area contributed by atoms with Crippen molar-refractivity contribution in [1.82, 2.24) is 24.7 Å². The molecule has 1 amide bonds. The molecule has 1 aromatic carbocycles. The second-order valence-electron chi connectivity index (χ2n) is 6.94. The van der Waals surface area contributed by atoms with Crippen molar-refractivity contribution >= 4 is 23.2 Å². The van der Waals surface area contributed by atoms with E-state index in [1.807, 2.05) is 17.0 Å². The maximum Gasteiger partial charge on any atom is 0.222 e.